The van der Waals surface area contributed by atoms with Gasteiger partial charge in [0.05, 0.1) is 30.7 Å². The number of rotatable bonds is 5. The van der Waals surface area contributed by atoms with Crippen molar-refractivity contribution >= 4 is 17.3 Å². The van der Waals surface area contributed by atoms with Crippen LogP contribution in [0.2, 0.25) is 5.02 Å². The molecular formula is C22H23ClF2N6O2. The van der Waals surface area contributed by atoms with E-state index in [0.29, 0.717) is 37.4 Å². The molecule has 2 aliphatic heterocycles. The Labute approximate surface area is 193 Å². The molecule has 0 saturated carbocycles. The number of fused-ring (bicyclic) bond motifs is 1. The first-order valence-electron chi connectivity index (χ1n) is 10.9. The summed E-state index contributed by atoms with van der Waals surface area (Å²) in [7, 11) is 0. The van der Waals surface area contributed by atoms with Gasteiger partial charge in [-0.3, -0.25) is 4.79 Å². The van der Waals surface area contributed by atoms with Crippen LogP contribution in [0, 0.1) is 0 Å². The minimum Gasteiger partial charge on any atom is -0.362 e. The Morgan fingerprint density at radius 1 is 1.24 bits per heavy atom. The van der Waals surface area contributed by atoms with Gasteiger partial charge in [-0.05, 0) is 24.8 Å². The molecule has 1 unspecified atom stereocenters. The molecule has 0 N–H and O–H groups in total. The molecule has 5 rings (SSSR count). The van der Waals surface area contributed by atoms with Crippen LogP contribution in [0.25, 0.3) is 0 Å². The molecular weight excluding hydrogens is 454 g/mol. The third-order valence-corrected chi connectivity index (χ3v) is 6.54. The van der Waals surface area contributed by atoms with Crippen LogP contribution < -0.4 is 10.5 Å². The Hall–Kier alpha value is -2.85. The second-order valence-corrected chi connectivity index (χ2v) is 8.60. The van der Waals surface area contributed by atoms with Crippen LogP contribution in [-0.2, 0) is 24.2 Å². The fraction of sp³-hybridized carbons (Fsp3) is 0.455. The highest BCUT2D eigenvalue weighted by atomic mass is 35.5. The summed E-state index contributed by atoms with van der Waals surface area (Å²) in [5.74, 6) is 0. The van der Waals surface area contributed by atoms with Crippen LogP contribution in [0.5, 0.6) is 0 Å². The van der Waals surface area contributed by atoms with Gasteiger partial charge in [0.15, 0.2) is 6.23 Å². The molecule has 174 valence electrons. The average Bonchev–Trinajstić information content (AvgIpc) is 3.23. The monoisotopic (exact) mass is 476 g/mol. The number of nitrogens with zero attached hydrogens (tertiary/aromatic N) is 6. The van der Waals surface area contributed by atoms with E-state index in [2.05, 4.69) is 15.4 Å². The van der Waals surface area contributed by atoms with E-state index in [1.165, 1.54) is 10.7 Å². The van der Waals surface area contributed by atoms with E-state index in [0.717, 1.165) is 30.7 Å². The molecule has 8 nitrogen and oxygen atoms in total. The molecule has 0 bridgehead atoms. The fourth-order valence-corrected chi connectivity index (χ4v) is 4.68. The summed E-state index contributed by atoms with van der Waals surface area (Å²) in [6, 6.07) is 6.45. The molecule has 2 aromatic heterocycles. The lowest BCUT2D eigenvalue weighted by molar-refractivity contribution is -0.0424. The van der Waals surface area contributed by atoms with E-state index in [-0.39, 0.29) is 28.9 Å². The summed E-state index contributed by atoms with van der Waals surface area (Å²) < 4.78 is 35.3. The number of ether oxygens (including phenoxy) is 1. The van der Waals surface area contributed by atoms with E-state index >= 15 is 0 Å². The van der Waals surface area contributed by atoms with Crippen LogP contribution in [-0.4, -0.2) is 37.9 Å². The number of hydrogen-bond acceptors (Lipinski definition) is 6. The first-order valence-corrected chi connectivity index (χ1v) is 11.3. The van der Waals surface area contributed by atoms with Gasteiger partial charge < -0.3 is 9.64 Å². The van der Waals surface area contributed by atoms with Crippen molar-refractivity contribution in [2.75, 3.05) is 18.1 Å². The number of hydrogen-bond donors (Lipinski definition) is 0. The molecule has 0 radical (unpaired) electrons. The van der Waals surface area contributed by atoms with Crippen molar-refractivity contribution in [2.24, 2.45) is 0 Å². The van der Waals surface area contributed by atoms with Crippen LogP contribution in [0.3, 0.4) is 0 Å². The Bertz CT molecular complexity index is 1210. The zero-order valence-electron chi connectivity index (χ0n) is 17.8. The molecule has 1 aromatic carbocycles. The molecule has 4 heterocycles. The van der Waals surface area contributed by atoms with E-state index in [1.54, 1.807) is 29.1 Å². The fourth-order valence-electron chi connectivity index (χ4n) is 4.43. The minimum absolute atomic E-state index is 0.000414. The minimum atomic E-state index is -2.55. The lowest BCUT2D eigenvalue weighted by Crippen LogP contribution is -2.36. The lowest BCUT2D eigenvalue weighted by atomic mass is 10.1. The van der Waals surface area contributed by atoms with E-state index in [1.807, 2.05) is 4.90 Å². The highest BCUT2D eigenvalue weighted by Gasteiger charge is 2.27. The Morgan fingerprint density at radius 3 is 2.88 bits per heavy atom. The van der Waals surface area contributed by atoms with Crippen molar-refractivity contribution < 1.29 is 13.5 Å². The van der Waals surface area contributed by atoms with Crippen LogP contribution in [0.1, 0.15) is 54.4 Å². The Kier molecular flexibility index (Phi) is 6.11. The van der Waals surface area contributed by atoms with Gasteiger partial charge in [-0.2, -0.15) is 9.78 Å². The predicted molar refractivity (Wildman–Crippen MR) is 118 cm³/mol. The average molecular weight is 477 g/mol. The number of aromatic nitrogens is 5. The summed E-state index contributed by atoms with van der Waals surface area (Å²) in [6.45, 7) is 1.80. The standard InChI is InChI=1S/C22H23ClF2N6O2/c23-20-18(11-26-31(22(20)32)19-7-3-4-10-33-19)29-9-8-17-16(13-29)27-28-30(17)12-14-5-1-2-6-15(14)21(24)25/h1-2,5-6,11,19,21H,3-4,7-10,12-13H2. The number of anilines is 1. The molecule has 1 saturated heterocycles. The molecule has 3 aromatic rings. The zero-order valence-corrected chi connectivity index (χ0v) is 18.6. The van der Waals surface area contributed by atoms with Gasteiger partial charge in [-0.25, -0.2) is 13.5 Å². The summed E-state index contributed by atoms with van der Waals surface area (Å²) in [5, 5.41) is 12.9. The SMILES string of the molecule is O=c1c(Cl)c(N2CCc3c(nnn3Cc3ccccc3C(F)F)C2)cnn1C1CCCCO1. The van der Waals surface area contributed by atoms with Crippen molar-refractivity contribution in [3.05, 3.63) is 68.4 Å². The summed E-state index contributed by atoms with van der Waals surface area (Å²) in [6.07, 6.45) is 1.92. The number of alkyl halides is 2. The van der Waals surface area contributed by atoms with Crippen molar-refractivity contribution in [1.82, 2.24) is 24.8 Å². The lowest BCUT2D eigenvalue weighted by Gasteiger charge is -2.29. The first-order chi connectivity index (χ1) is 16.0. The largest absolute Gasteiger partial charge is 0.362 e. The maximum Gasteiger partial charge on any atom is 0.290 e. The van der Waals surface area contributed by atoms with Crippen molar-refractivity contribution in [1.29, 1.82) is 0 Å². The van der Waals surface area contributed by atoms with Gasteiger partial charge in [0, 0.05) is 25.1 Å². The maximum atomic E-state index is 13.3. The van der Waals surface area contributed by atoms with Crippen LogP contribution >= 0.6 is 11.6 Å². The summed E-state index contributed by atoms with van der Waals surface area (Å²) >= 11 is 6.45. The second-order valence-electron chi connectivity index (χ2n) is 8.23. The molecule has 33 heavy (non-hydrogen) atoms. The number of benzene rings is 1. The van der Waals surface area contributed by atoms with Gasteiger partial charge >= 0.3 is 0 Å². The smallest absolute Gasteiger partial charge is 0.290 e. The van der Waals surface area contributed by atoms with Crippen LogP contribution in [0.15, 0.2) is 35.3 Å². The summed E-state index contributed by atoms with van der Waals surface area (Å²) in [4.78, 5) is 14.8. The third-order valence-electron chi connectivity index (χ3n) is 6.18. The van der Waals surface area contributed by atoms with Gasteiger partial charge in [0.2, 0.25) is 0 Å². The van der Waals surface area contributed by atoms with Gasteiger partial charge in [-0.1, -0.05) is 41.1 Å². The van der Waals surface area contributed by atoms with E-state index in [4.69, 9.17) is 16.3 Å². The van der Waals surface area contributed by atoms with Gasteiger partial charge in [0.25, 0.3) is 12.0 Å². The van der Waals surface area contributed by atoms with Gasteiger partial charge in [-0.15, -0.1) is 5.10 Å². The van der Waals surface area contributed by atoms with Crippen LogP contribution in [0.4, 0.5) is 14.5 Å². The third kappa shape index (κ3) is 4.24. The Morgan fingerprint density at radius 2 is 2.09 bits per heavy atom. The highest BCUT2D eigenvalue weighted by Crippen LogP contribution is 2.29. The zero-order chi connectivity index (χ0) is 22.9. The normalized spacial score (nSPS) is 18.5. The molecule has 2 aliphatic rings. The quantitative estimate of drug-likeness (QED) is 0.558. The molecule has 1 atom stereocenters. The molecule has 11 heteroatoms. The maximum absolute atomic E-state index is 13.3. The molecule has 0 aliphatic carbocycles. The molecule has 0 spiro atoms. The first kappa shape index (κ1) is 22.0. The Balaban J connectivity index is 1.36. The van der Waals surface area contributed by atoms with Crippen molar-refractivity contribution in [3.63, 3.8) is 0 Å². The highest BCUT2D eigenvalue weighted by molar-refractivity contribution is 6.33. The van der Waals surface area contributed by atoms with Crippen molar-refractivity contribution in [3.8, 4) is 0 Å². The van der Waals surface area contributed by atoms with E-state index in [9.17, 15) is 13.6 Å². The summed E-state index contributed by atoms with van der Waals surface area (Å²) in [5.41, 5.74) is 2.30. The number of halogens is 3. The van der Waals surface area contributed by atoms with E-state index < -0.39 is 6.43 Å². The second kappa shape index (κ2) is 9.18. The molecule has 1 fully saturated rings. The van der Waals surface area contributed by atoms with Crippen molar-refractivity contribution in [2.45, 2.75) is 51.4 Å². The predicted octanol–water partition coefficient (Wildman–Crippen LogP) is 3.74. The topological polar surface area (TPSA) is 78.1 Å². The molecule has 0 amide bonds. The van der Waals surface area contributed by atoms with Gasteiger partial charge in [0.1, 0.15) is 10.7 Å².